The molecule has 0 atom stereocenters. The van der Waals surface area contributed by atoms with Gasteiger partial charge in [0, 0.05) is 31.7 Å². The zero-order chi connectivity index (χ0) is 19.7. The second kappa shape index (κ2) is 7.56. The van der Waals surface area contributed by atoms with Crippen LogP contribution in [0.4, 0.5) is 5.69 Å². The van der Waals surface area contributed by atoms with Crippen molar-refractivity contribution in [3.8, 4) is 0 Å². The number of fused-ring (bicyclic) bond motifs is 1. The fourth-order valence-electron chi connectivity index (χ4n) is 3.85. The molecule has 144 valence electrons. The lowest BCUT2D eigenvalue weighted by molar-refractivity contribution is 0.0637. The maximum absolute atomic E-state index is 12.8. The smallest absolute Gasteiger partial charge is 0.266 e. The Balaban J connectivity index is 1.47. The van der Waals surface area contributed by atoms with Gasteiger partial charge in [0.2, 0.25) is 0 Å². The lowest BCUT2D eigenvalue weighted by atomic mass is 10.1. The number of nitrogens with zero attached hydrogens (tertiary/aromatic N) is 3. The predicted molar refractivity (Wildman–Crippen MR) is 107 cm³/mol. The SMILES string of the molecule is CCCN1CCN(C(=O)c2ccc(N3C(=O)c4ccccc4C3=O)cc2)CC1. The van der Waals surface area contributed by atoms with Gasteiger partial charge in [-0.25, -0.2) is 4.90 Å². The van der Waals surface area contributed by atoms with E-state index in [0.717, 1.165) is 39.1 Å². The van der Waals surface area contributed by atoms with Crippen LogP contribution in [0.3, 0.4) is 0 Å². The van der Waals surface area contributed by atoms with E-state index >= 15 is 0 Å². The van der Waals surface area contributed by atoms with Crippen molar-refractivity contribution in [1.82, 2.24) is 9.80 Å². The molecule has 2 aliphatic heterocycles. The van der Waals surface area contributed by atoms with Gasteiger partial charge in [0.05, 0.1) is 16.8 Å². The topological polar surface area (TPSA) is 60.9 Å². The normalized spacial score (nSPS) is 17.2. The van der Waals surface area contributed by atoms with Crippen molar-refractivity contribution in [2.24, 2.45) is 0 Å². The summed E-state index contributed by atoms with van der Waals surface area (Å²) in [5.41, 5.74) is 1.88. The zero-order valence-electron chi connectivity index (χ0n) is 15.9. The van der Waals surface area contributed by atoms with Gasteiger partial charge in [0.1, 0.15) is 0 Å². The van der Waals surface area contributed by atoms with Gasteiger partial charge in [0.25, 0.3) is 17.7 Å². The van der Waals surface area contributed by atoms with Gasteiger partial charge in [0.15, 0.2) is 0 Å². The van der Waals surface area contributed by atoms with Crippen LogP contribution in [-0.2, 0) is 0 Å². The fourth-order valence-corrected chi connectivity index (χ4v) is 3.85. The molecule has 6 nitrogen and oxygen atoms in total. The molecule has 0 saturated carbocycles. The quantitative estimate of drug-likeness (QED) is 0.769. The summed E-state index contributed by atoms with van der Waals surface area (Å²) in [7, 11) is 0. The Morgan fingerprint density at radius 1 is 0.857 bits per heavy atom. The van der Waals surface area contributed by atoms with Crippen LogP contribution in [0.15, 0.2) is 48.5 Å². The minimum Gasteiger partial charge on any atom is -0.336 e. The number of imide groups is 1. The number of carbonyl (C=O) groups is 3. The Kier molecular flexibility index (Phi) is 4.96. The molecule has 3 amide bonds. The van der Waals surface area contributed by atoms with E-state index in [4.69, 9.17) is 0 Å². The number of carbonyl (C=O) groups excluding carboxylic acids is 3. The van der Waals surface area contributed by atoms with Crippen molar-refractivity contribution in [3.05, 3.63) is 65.2 Å². The number of rotatable bonds is 4. The minimum absolute atomic E-state index is 0.00920. The average molecular weight is 377 g/mol. The molecule has 0 bridgehead atoms. The first-order valence-corrected chi connectivity index (χ1v) is 9.69. The third kappa shape index (κ3) is 3.20. The van der Waals surface area contributed by atoms with Crippen LogP contribution in [0.1, 0.15) is 44.4 Å². The van der Waals surface area contributed by atoms with Crippen molar-refractivity contribution in [3.63, 3.8) is 0 Å². The van der Waals surface area contributed by atoms with Crippen LogP contribution in [0, 0.1) is 0 Å². The first kappa shape index (κ1) is 18.4. The number of hydrogen-bond acceptors (Lipinski definition) is 4. The molecule has 1 saturated heterocycles. The Morgan fingerprint density at radius 2 is 1.43 bits per heavy atom. The summed E-state index contributed by atoms with van der Waals surface area (Å²) in [6, 6.07) is 13.5. The van der Waals surface area contributed by atoms with E-state index in [1.807, 2.05) is 4.90 Å². The summed E-state index contributed by atoms with van der Waals surface area (Å²) in [6.45, 7) is 6.46. The Morgan fingerprint density at radius 3 is 1.96 bits per heavy atom. The van der Waals surface area contributed by atoms with Crippen LogP contribution in [-0.4, -0.2) is 60.2 Å². The summed E-state index contributed by atoms with van der Waals surface area (Å²) >= 11 is 0. The highest BCUT2D eigenvalue weighted by molar-refractivity contribution is 6.34. The molecule has 2 aromatic rings. The maximum Gasteiger partial charge on any atom is 0.266 e. The van der Waals surface area contributed by atoms with E-state index < -0.39 is 0 Å². The van der Waals surface area contributed by atoms with Gasteiger partial charge in [-0.1, -0.05) is 19.1 Å². The number of anilines is 1. The summed E-state index contributed by atoms with van der Waals surface area (Å²) in [5, 5.41) is 0. The van der Waals surface area contributed by atoms with Crippen molar-refractivity contribution < 1.29 is 14.4 Å². The Bertz CT molecular complexity index is 880. The van der Waals surface area contributed by atoms with Gasteiger partial charge >= 0.3 is 0 Å². The third-order valence-corrected chi connectivity index (χ3v) is 5.37. The zero-order valence-corrected chi connectivity index (χ0v) is 15.9. The first-order valence-electron chi connectivity index (χ1n) is 9.69. The van der Waals surface area contributed by atoms with Crippen LogP contribution in [0.2, 0.25) is 0 Å². The fraction of sp³-hybridized carbons (Fsp3) is 0.318. The minimum atomic E-state index is -0.327. The van der Waals surface area contributed by atoms with Gasteiger partial charge in [-0.3, -0.25) is 19.3 Å². The Labute approximate surface area is 164 Å². The van der Waals surface area contributed by atoms with Crippen LogP contribution >= 0.6 is 0 Å². The van der Waals surface area contributed by atoms with Crippen molar-refractivity contribution in [2.45, 2.75) is 13.3 Å². The molecule has 0 aromatic heterocycles. The van der Waals surface area contributed by atoms with Crippen molar-refractivity contribution >= 4 is 23.4 Å². The van der Waals surface area contributed by atoms with E-state index in [1.165, 1.54) is 4.90 Å². The molecule has 4 rings (SSSR count). The van der Waals surface area contributed by atoms with E-state index in [2.05, 4.69) is 11.8 Å². The summed E-state index contributed by atoms with van der Waals surface area (Å²) in [4.78, 5) is 43.3. The molecule has 0 aliphatic carbocycles. The van der Waals surface area contributed by atoms with E-state index in [0.29, 0.717) is 22.4 Å². The molecule has 6 heteroatoms. The van der Waals surface area contributed by atoms with Gasteiger partial charge < -0.3 is 4.90 Å². The van der Waals surface area contributed by atoms with Crippen molar-refractivity contribution in [1.29, 1.82) is 0 Å². The van der Waals surface area contributed by atoms with Crippen LogP contribution in [0.25, 0.3) is 0 Å². The summed E-state index contributed by atoms with van der Waals surface area (Å²) in [6.07, 6.45) is 1.12. The molecular formula is C22H23N3O3. The number of benzene rings is 2. The second-order valence-electron chi connectivity index (χ2n) is 7.17. The first-order chi connectivity index (χ1) is 13.6. The molecule has 28 heavy (non-hydrogen) atoms. The molecule has 0 unspecified atom stereocenters. The number of amides is 3. The molecule has 2 aliphatic rings. The third-order valence-electron chi connectivity index (χ3n) is 5.37. The van der Waals surface area contributed by atoms with Crippen LogP contribution < -0.4 is 4.90 Å². The highest BCUT2D eigenvalue weighted by Gasteiger charge is 2.36. The highest BCUT2D eigenvalue weighted by Crippen LogP contribution is 2.28. The lowest BCUT2D eigenvalue weighted by Crippen LogP contribution is -2.48. The van der Waals surface area contributed by atoms with Gasteiger partial charge in [-0.15, -0.1) is 0 Å². The molecule has 0 N–H and O–H groups in total. The second-order valence-corrected chi connectivity index (χ2v) is 7.17. The monoisotopic (exact) mass is 377 g/mol. The van der Waals surface area contributed by atoms with E-state index in [-0.39, 0.29) is 17.7 Å². The summed E-state index contributed by atoms with van der Waals surface area (Å²) < 4.78 is 0. The largest absolute Gasteiger partial charge is 0.336 e. The standard InChI is InChI=1S/C22H23N3O3/c1-2-11-23-12-14-24(15-13-23)20(26)16-7-9-17(10-8-16)25-21(27)18-5-3-4-6-19(18)22(25)28/h3-10H,2,11-15H2,1H3. The molecule has 0 radical (unpaired) electrons. The molecular weight excluding hydrogens is 354 g/mol. The number of hydrogen-bond donors (Lipinski definition) is 0. The average Bonchev–Trinajstić information content (AvgIpc) is 2.99. The molecule has 0 spiro atoms. The van der Waals surface area contributed by atoms with Gasteiger partial charge in [-0.2, -0.15) is 0 Å². The molecule has 2 aromatic carbocycles. The molecule has 2 heterocycles. The Hall–Kier alpha value is -2.99. The molecule has 1 fully saturated rings. The summed E-state index contributed by atoms with van der Waals surface area (Å²) in [5.74, 6) is -0.663. The van der Waals surface area contributed by atoms with Crippen molar-refractivity contribution in [2.75, 3.05) is 37.6 Å². The lowest BCUT2D eigenvalue weighted by Gasteiger charge is -2.34. The van der Waals surface area contributed by atoms with E-state index in [1.54, 1.807) is 48.5 Å². The predicted octanol–water partition coefficient (Wildman–Crippen LogP) is 2.66. The highest BCUT2D eigenvalue weighted by atomic mass is 16.2. The van der Waals surface area contributed by atoms with Crippen LogP contribution in [0.5, 0.6) is 0 Å². The van der Waals surface area contributed by atoms with E-state index in [9.17, 15) is 14.4 Å². The number of piperazine rings is 1. The van der Waals surface area contributed by atoms with Gasteiger partial charge in [-0.05, 0) is 49.4 Å². The maximum atomic E-state index is 12.8.